The molecule has 1 fully saturated rings. The largest absolute Gasteiger partial charge is 0.480 e. The number of benzene rings is 1. The Kier molecular flexibility index (Phi) is 4.79. The Labute approximate surface area is 141 Å². The number of carbonyl (C=O) groups is 2. The fourth-order valence-electron chi connectivity index (χ4n) is 3.52. The molecule has 24 heavy (non-hydrogen) atoms. The van der Waals surface area contributed by atoms with Gasteiger partial charge in [-0.2, -0.15) is 0 Å². The number of rotatable bonds is 4. The second-order valence-corrected chi connectivity index (χ2v) is 6.52. The molecule has 3 rings (SSSR count). The molecule has 1 amide bonds. The summed E-state index contributed by atoms with van der Waals surface area (Å²) in [4.78, 5) is 28.7. The molecule has 2 N–H and O–H groups in total. The molecular formula is C19H22N2O3. The van der Waals surface area contributed by atoms with E-state index in [-0.39, 0.29) is 12.3 Å². The third kappa shape index (κ3) is 3.40. The Bertz CT molecular complexity index is 744. The molecule has 0 atom stereocenters. The maximum atomic E-state index is 12.5. The van der Waals surface area contributed by atoms with Crippen molar-refractivity contribution in [3.63, 3.8) is 0 Å². The summed E-state index contributed by atoms with van der Waals surface area (Å²) in [5, 5.41) is 13.5. The molecule has 1 saturated carbocycles. The van der Waals surface area contributed by atoms with Crippen LogP contribution in [0.5, 0.6) is 0 Å². The van der Waals surface area contributed by atoms with Crippen LogP contribution in [0.3, 0.4) is 0 Å². The van der Waals surface area contributed by atoms with Crippen molar-refractivity contribution < 1.29 is 14.7 Å². The monoisotopic (exact) mass is 326 g/mol. The second-order valence-electron chi connectivity index (χ2n) is 6.52. The first-order valence-electron chi connectivity index (χ1n) is 8.48. The highest BCUT2D eigenvalue weighted by atomic mass is 16.4. The van der Waals surface area contributed by atoms with E-state index >= 15 is 0 Å². The van der Waals surface area contributed by atoms with E-state index in [2.05, 4.69) is 10.3 Å². The highest BCUT2D eigenvalue weighted by Gasteiger charge is 2.39. The lowest BCUT2D eigenvalue weighted by molar-refractivity contribution is -0.148. The second kappa shape index (κ2) is 6.99. The summed E-state index contributed by atoms with van der Waals surface area (Å²) in [6.07, 6.45) is 6.57. The third-order valence-electron chi connectivity index (χ3n) is 4.81. The molecule has 5 nitrogen and oxygen atoms in total. The van der Waals surface area contributed by atoms with Gasteiger partial charge in [-0.1, -0.05) is 49.9 Å². The van der Waals surface area contributed by atoms with Gasteiger partial charge in [0, 0.05) is 11.6 Å². The Morgan fingerprint density at radius 1 is 1.08 bits per heavy atom. The molecule has 0 spiro atoms. The lowest BCUT2D eigenvalue weighted by Crippen LogP contribution is -2.54. The zero-order valence-electron chi connectivity index (χ0n) is 13.6. The molecule has 126 valence electrons. The van der Waals surface area contributed by atoms with Crippen LogP contribution < -0.4 is 5.32 Å². The number of aliphatic carboxylic acids is 1. The highest BCUT2D eigenvalue weighted by Crippen LogP contribution is 2.28. The summed E-state index contributed by atoms with van der Waals surface area (Å²) in [6.45, 7) is 0. The van der Waals surface area contributed by atoms with Crippen molar-refractivity contribution in [1.29, 1.82) is 0 Å². The first kappa shape index (κ1) is 16.4. The number of carboxylic acid groups (broad SMARTS) is 1. The quantitative estimate of drug-likeness (QED) is 0.846. The Morgan fingerprint density at radius 3 is 2.50 bits per heavy atom. The summed E-state index contributed by atoms with van der Waals surface area (Å²) in [6, 6.07) is 9.53. The zero-order valence-corrected chi connectivity index (χ0v) is 13.6. The van der Waals surface area contributed by atoms with Crippen molar-refractivity contribution in [2.24, 2.45) is 0 Å². The van der Waals surface area contributed by atoms with Crippen molar-refractivity contribution in [3.05, 3.63) is 42.1 Å². The first-order chi connectivity index (χ1) is 11.6. The van der Waals surface area contributed by atoms with Crippen LogP contribution in [0.15, 0.2) is 36.5 Å². The summed E-state index contributed by atoms with van der Waals surface area (Å²) in [5.74, 6) is -1.17. The fourth-order valence-corrected chi connectivity index (χ4v) is 3.52. The van der Waals surface area contributed by atoms with Gasteiger partial charge in [-0.25, -0.2) is 4.79 Å². The number of carbonyl (C=O) groups excluding carboxylic acids is 1. The van der Waals surface area contributed by atoms with Gasteiger partial charge in [-0.15, -0.1) is 0 Å². The van der Waals surface area contributed by atoms with Gasteiger partial charge in [0.05, 0.1) is 11.9 Å². The SMILES string of the molecule is O=C(Cc1cccc2cccnc12)NC1(C(=O)O)CCCCCC1. The van der Waals surface area contributed by atoms with Gasteiger partial charge in [-0.05, 0) is 24.5 Å². The molecule has 0 saturated heterocycles. The smallest absolute Gasteiger partial charge is 0.329 e. The lowest BCUT2D eigenvalue weighted by Gasteiger charge is -2.29. The van der Waals surface area contributed by atoms with E-state index < -0.39 is 11.5 Å². The predicted octanol–water partition coefficient (Wildman–Crippen LogP) is 3.07. The maximum absolute atomic E-state index is 12.5. The molecule has 0 aliphatic heterocycles. The number of pyridine rings is 1. The van der Waals surface area contributed by atoms with E-state index in [0.29, 0.717) is 12.8 Å². The molecule has 5 heteroatoms. The topological polar surface area (TPSA) is 79.3 Å². The normalized spacial score (nSPS) is 17.2. The molecule has 1 heterocycles. The van der Waals surface area contributed by atoms with Gasteiger partial charge in [0.2, 0.25) is 5.91 Å². The van der Waals surface area contributed by atoms with Crippen LogP contribution in [0.25, 0.3) is 10.9 Å². The molecular weight excluding hydrogens is 304 g/mol. The van der Waals surface area contributed by atoms with Crippen molar-refractivity contribution in [2.45, 2.75) is 50.5 Å². The Hall–Kier alpha value is -2.43. The van der Waals surface area contributed by atoms with Crippen LogP contribution >= 0.6 is 0 Å². The number of nitrogens with one attached hydrogen (secondary N) is 1. The standard InChI is InChI=1S/C19H22N2O3/c22-16(21-19(18(23)24)10-3-1-2-4-11-19)13-15-8-5-7-14-9-6-12-20-17(14)15/h5-9,12H,1-4,10-11,13H2,(H,21,22)(H,23,24). The fraction of sp³-hybridized carbons (Fsp3) is 0.421. The number of hydrogen-bond acceptors (Lipinski definition) is 3. The summed E-state index contributed by atoms with van der Waals surface area (Å²) in [7, 11) is 0. The number of fused-ring (bicyclic) bond motifs is 1. The van der Waals surface area contributed by atoms with E-state index in [4.69, 9.17) is 0 Å². The Balaban J connectivity index is 1.79. The van der Waals surface area contributed by atoms with Crippen LogP contribution in [0.4, 0.5) is 0 Å². The minimum Gasteiger partial charge on any atom is -0.480 e. The van der Waals surface area contributed by atoms with E-state index in [1.165, 1.54) is 0 Å². The molecule has 1 aromatic carbocycles. The average molecular weight is 326 g/mol. The number of aromatic nitrogens is 1. The van der Waals surface area contributed by atoms with E-state index in [9.17, 15) is 14.7 Å². The van der Waals surface area contributed by atoms with Gasteiger partial charge < -0.3 is 10.4 Å². The van der Waals surface area contributed by atoms with Gasteiger partial charge in [0.1, 0.15) is 5.54 Å². The third-order valence-corrected chi connectivity index (χ3v) is 4.81. The van der Waals surface area contributed by atoms with Crippen molar-refractivity contribution >= 4 is 22.8 Å². The van der Waals surface area contributed by atoms with Crippen molar-refractivity contribution in [3.8, 4) is 0 Å². The van der Waals surface area contributed by atoms with Gasteiger partial charge in [0.15, 0.2) is 0 Å². The van der Waals surface area contributed by atoms with Crippen molar-refractivity contribution in [2.75, 3.05) is 0 Å². The number of carboxylic acids is 1. The molecule has 0 radical (unpaired) electrons. The van der Waals surface area contributed by atoms with Crippen LogP contribution in [-0.4, -0.2) is 27.5 Å². The molecule has 1 aromatic heterocycles. The van der Waals surface area contributed by atoms with Gasteiger partial charge >= 0.3 is 5.97 Å². The minimum atomic E-state index is -1.12. The molecule has 0 unspecified atom stereocenters. The number of nitrogens with zero attached hydrogens (tertiary/aromatic N) is 1. The molecule has 0 bridgehead atoms. The molecule has 2 aromatic rings. The predicted molar refractivity (Wildman–Crippen MR) is 91.7 cm³/mol. The van der Waals surface area contributed by atoms with Gasteiger partial charge in [0.25, 0.3) is 0 Å². The van der Waals surface area contributed by atoms with Crippen LogP contribution in [0.1, 0.15) is 44.1 Å². The summed E-state index contributed by atoms with van der Waals surface area (Å²) < 4.78 is 0. The zero-order chi connectivity index (χ0) is 17.0. The Morgan fingerprint density at radius 2 is 1.79 bits per heavy atom. The number of para-hydroxylation sites is 1. The van der Waals surface area contributed by atoms with Crippen LogP contribution in [-0.2, 0) is 16.0 Å². The minimum absolute atomic E-state index is 0.142. The highest BCUT2D eigenvalue weighted by molar-refractivity contribution is 5.91. The molecule has 1 aliphatic rings. The number of amides is 1. The summed E-state index contributed by atoms with van der Waals surface area (Å²) >= 11 is 0. The average Bonchev–Trinajstić information content (AvgIpc) is 2.82. The molecule has 1 aliphatic carbocycles. The van der Waals surface area contributed by atoms with E-state index in [1.54, 1.807) is 6.20 Å². The van der Waals surface area contributed by atoms with Crippen LogP contribution in [0, 0.1) is 0 Å². The van der Waals surface area contributed by atoms with E-state index in [0.717, 1.165) is 42.1 Å². The number of hydrogen-bond donors (Lipinski definition) is 2. The van der Waals surface area contributed by atoms with Crippen molar-refractivity contribution in [1.82, 2.24) is 10.3 Å². The van der Waals surface area contributed by atoms with Gasteiger partial charge in [-0.3, -0.25) is 9.78 Å². The first-order valence-corrected chi connectivity index (χ1v) is 8.48. The maximum Gasteiger partial charge on any atom is 0.329 e. The van der Waals surface area contributed by atoms with Crippen LogP contribution in [0.2, 0.25) is 0 Å². The van der Waals surface area contributed by atoms with E-state index in [1.807, 2.05) is 30.3 Å². The summed E-state index contributed by atoms with van der Waals surface area (Å²) in [5.41, 5.74) is 0.492. The lowest BCUT2D eigenvalue weighted by atomic mass is 9.90.